The first-order chi connectivity index (χ1) is 13.6. The van der Waals surface area contributed by atoms with E-state index in [1.807, 2.05) is 43.3 Å². The molecule has 0 aliphatic heterocycles. The average molecular weight is 384 g/mol. The number of nitrogens with one attached hydrogen (secondary N) is 2. The Morgan fingerprint density at radius 2 is 1.96 bits per heavy atom. The van der Waals surface area contributed by atoms with E-state index >= 15 is 0 Å². The lowest BCUT2D eigenvalue weighted by Crippen LogP contribution is -2.38. The molecule has 1 amide bonds. The number of amides is 1. The van der Waals surface area contributed by atoms with Crippen molar-refractivity contribution in [2.75, 3.05) is 26.8 Å². The number of guanidine groups is 1. The van der Waals surface area contributed by atoms with Crippen molar-refractivity contribution in [2.45, 2.75) is 19.9 Å². The number of nitrogens with two attached hydrogens (primary N) is 1. The number of benzene rings is 2. The highest BCUT2D eigenvalue weighted by atomic mass is 16.5. The second kappa shape index (κ2) is 11.5. The van der Waals surface area contributed by atoms with Gasteiger partial charge in [0.25, 0.3) is 5.91 Å². The molecule has 0 aliphatic rings. The minimum Gasteiger partial charge on any atom is -0.496 e. The summed E-state index contributed by atoms with van der Waals surface area (Å²) in [5.41, 5.74) is 7.23. The lowest BCUT2D eigenvalue weighted by atomic mass is 10.1. The Labute approximate surface area is 165 Å². The largest absolute Gasteiger partial charge is 0.496 e. The van der Waals surface area contributed by atoms with Crippen LogP contribution in [0.5, 0.6) is 11.5 Å². The molecule has 0 bridgehead atoms. The molecule has 0 fully saturated rings. The lowest BCUT2D eigenvalue weighted by Gasteiger charge is -2.13. The third kappa shape index (κ3) is 7.19. The van der Waals surface area contributed by atoms with Crippen molar-refractivity contribution in [3.05, 3.63) is 59.7 Å². The van der Waals surface area contributed by atoms with Crippen LogP contribution in [0.15, 0.2) is 53.5 Å². The predicted molar refractivity (Wildman–Crippen MR) is 111 cm³/mol. The number of hydrogen-bond acceptors (Lipinski definition) is 4. The highest BCUT2D eigenvalue weighted by Gasteiger charge is 2.03. The van der Waals surface area contributed by atoms with Crippen molar-refractivity contribution >= 4 is 11.9 Å². The van der Waals surface area contributed by atoms with Crippen LogP contribution in [-0.2, 0) is 17.8 Å². The lowest BCUT2D eigenvalue weighted by molar-refractivity contribution is -0.119. The summed E-state index contributed by atoms with van der Waals surface area (Å²) in [6.07, 6.45) is 0.824. The van der Waals surface area contributed by atoms with Crippen LogP contribution < -0.4 is 25.8 Å². The third-order valence-electron chi connectivity index (χ3n) is 3.92. The van der Waals surface area contributed by atoms with Crippen LogP contribution in [0.25, 0.3) is 0 Å². The highest BCUT2D eigenvalue weighted by molar-refractivity contribution is 5.79. The molecule has 0 spiro atoms. The molecule has 2 rings (SSSR count). The van der Waals surface area contributed by atoms with Gasteiger partial charge in [0.1, 0.15) is 11.5 Å². The summed E-state index contributed by atoms with van der Waals surface area (Å²) in [6, 6.07) is 15.4. The zero-order valence-electron chi connectivity index (χ0n) is 16.4. The van der Waals surface area contributed by atoms with Gasteiger partial charge in [0.05, 0.1) is 13.7 Å². The van der Waals surface area contributed by atoms with Gasteiger partial charge >= 0.3 is 0 Å². The Kier molecular flexibility index (Phi) is 8.65. The summed E-state index contributed by atoms with van der Waals surface area (Å²) in [6.45, 7) is 3.86. The molecule has 0 unspecified atom stereocenters. The Morgan fingerprint density at radius 1 is 1.14 bits per heavy atom. The number of hydrogen-bond donors (Lipinski definition) is 3. The predicted octanol–water partition coefficient (Wildman–Crippen LogP) is 1.86. The molecule has 0 saturated heterocycles. The van der Waals surface area contributed by atoms with Crippen LogP contribution in [0.3, 0.4) is 0 Å². The van der Waals surface area contributed by atoms with Gasteiger partial charge in [-0.2, -0.15) is 0 Å². The van der Waals surface area contributed by atoms with E-state index in [-0.39, 0.29) is 6.61 Å². The Balaban J connectivity index is 1.92. The SMILES string of the molecule is CCNC(=NCc1cccc(OCC(N)=O)c1)NCCc1ccccc1OC. The Morgan fingerprint density at radius 3 is 2.71 bits per heavy atom. The molecular weight excluding hydrogens is 356 g/mol. The van der Waals surface area contributed by atoms with Crippen LogP contribution in [0.2, 0.25) is 0 Å². The van der Waals surface area contributed by atoms with E-state index < -0.39 is 5.91 Å². The molecule has 7 heteroatoms. The summed E-state index contributed by atoms with van der Waals surface area (Å²) in [5, 5.41) is 6.57. The van der Waals surface area contributed by atoms with Crippen LogP contribution in [-0.4, -0.2) is 38.7 Å². The van der Waals surface area contributed by atoms with Crippen molar-refractivity contribution in [3.8, 4) is 11.5 Å². The second-order valence-corrected chi connectivity index (χ2v) is 6.09. The number of carbonyl (C=O) groups is 1. The first-order valence-corrected chi connectivity index (χ1v) is 9.26. The van der Waals surface area contributed by atoms with E-state index in [9.17, 15) is 4.79 Å². The fourth-order valence-corrected chi connectivity index (χ4v) is 2.63. The fraction of sp³-hybridized carbons (Fsp3) is 0.333. The number of nitrogens with zero attached hydrogens (tertiary/aromatic N) is 1. The van der Waals surface area contributed by atoms with Gasteiger partial charge < -0.3 is 25.8 Å². The minimum atomic E-state index is -0.503. The van der Waals surface area contributed by atoms with Gasteiger partial charge in [-0.3, -0.25) is 4.79 Å². The maximum absolute atomic E-state index is 10.8. The fourth-order valence-electron chi connectivity index (χ4n) is 2.63. The van der Waals surface area contributed by atoms with E-state index in [0.717, 1.165) is 42.3 Å². The van der Waals surface area contributed by atoms with E-state index in [2.05, 4.69) is 21.7 Å². The van der Waals surface area contributed by atoms with E-state index in [1.165, 1.54) is 0 Å². The molecule has 0 heterocycles. The van der Waals surface area contributed by atoms with Crippen molar-refractivity contribution in [2.24, 2.45) is 10.7 Å². The van der Waals surface area contributed by atoms with Gasteiger partial charge in [0.2, 0.25) is 0 Å². The van der Waals surface area contributed by atoms with Crippen LogP contribution in [0, 0.1) is 0 Å². The average Bonchev–Trinajstić information content (AvgIpc) is 2.71. The van der Waals surface area contributed by atoms with Crippen LogP contribution >= 0.6 is 0 Å². The van der Waals surface area contributed by atoms with Gasteiger partial charge in [0, 0.05) is 13.1 Å². The summed E-state index contributed by atoms with van der Waals surface area (Å²) >= 11 is 0. The van der Waals surface area contributed by atoms with E-state index in [1.54, 1.807) is 13.2 Å². The maximum atomic E-state index is 10.8. The van der Waals surface area contributed by atoms with Crippen LogP contribution in [0.1, 0.15) is 18.1 Å². The van der Waals surface area contributed by atoms with Crippen molar-refractivity contribution in [1.29, 1.82) is 0 Å². The quantitative estimate of drug-likeness (QED) is 0.429. The molecule has 0 radical (unpaired) electrons. The summed E-state index contributed by atoms with van der Waals surface area (Å²) in [7, 11) is 1.68. The van der Waals surface area contributed by atoms with Crippen molar-refractivity contribution < 1.29 is 14.3 Å². The van der Waals surface area contributed by atoms with Gasteiger partial charge in [-0.05, 0) is 42.7 Å². The molecule has 28 heavy (non-hydrogen) atoms. The van der Waals surface area contributed by atoms with E-state index in [4.69, 9.17) is 15.2 Å². The molecule has 2 aromatic rings. The summed E-state index contributed by atoms with van der Waals surface area (Å²) in [5.74, 6) is 1.72. The molecule has 0 aliphatic carbocycles. The summed E-state index contributed by atoms with van der Waals surface area (Å²) < 4.78 is 10.7. The number of aliphatic imine (C=N–C) groups is 1. The van der Waals surface area contributed by atoms with Gasteiger partial charge in [-0.15, -0.1) is 0 Å². The first-order valence-electron chi connectivity index (χ1n) is 9.26. The van der Waals surface area contributed by atoms with Crippen molar-refractivity contribution in [1.82, 2.24) is 10.6 Å². The smallest absolute Gasteiger partial charge is 0.255 e. The number of ether oxygens (including phenoxy) is 2. The number of carbonyl (C=O) groups excluding carboxylic acids is 1. The molecule has 7 nitrogen and oxygen atoms in total. The third-order valence-corrected chi connectivity index (χ3v) is 3.92. The number of para-hydroxylation sites is 1. The molecule has 0 atom stereocenters. The maximum Gasteiger partial charge on any atom is 0.255 e. The molecule has 2 aromatic carbocycles. The molecule has 0 saturated carbocycles. The summed E-state index contributed by atoms with van der Waals surface area (Å²) in [4.78, 5) is 15.4. The second-order valence-electron chi connectivity index (χ2n) is 6.09. The van der Waals surface area contributed by atoms with Crippen molar-refractivity contribution in [3.63, 3.8) is 0 Å². The normalized spacial score (nSPS) is 11.0. The molecule has 150 valence electrons. The Hall–Kier alpha value is -3.22. The zero-order valence-corrected chi connectivity index (χ0v) is 16.4. The topological polar surface area (TPSA) is 98.0 Å². The zero-order chi connectivity index (χ0) is 20.2. The first kappa shape index (κ1) is 21.1. The highest BCUT2D eigenvalue weighted by Crippen LogP contribution is 2.17. The Bertz CT molecular complexity index is 793. The van der Waals surface area contributed by atoms with Gasteiger partial charge in [-0.25, -0.2) is 4.99 Å². The molecule has 4 N–H and O–H groups in total. The molecular formula is C21H28N4O3. The number of methoxy groups -OCH3 is 1. The number of primary amides is 1. The van der Waals surface area contributed by atoms with E-state index in [0.29, 0.717) is 12.3 Å². The number of rotatable bonds is 10. The molecule has 0 aromatic heterocycles. The van der Waals surface area contributed by atoms with Gasteiger partial charge in [0.15, 0.2) is 12.6 Å². The standard InChI is InChI=1S/C21H28N4O3/c1-3-23-21(24-12-11-17-8-4-5-10-19(17)27-2)25-14-16-7-6-9-18(13-16)28-15-20(22)26/h4-10,13H,3,11-12,14-15H2,1-2H3,(H2,22,26)(H2,23,24,25). The van der Waals surface area contributed by atoms with Gasteiger partial charge in [-0.1, -0.05) is 30.3 Å². The minimum absolute atomic E-state index is 0.139. The monoisotopic (exact) mass is 384 g/mol. The van der Waals surface area contributed by atoms with Crippen LogP contribution in [0.4, 0.5) is 0 Å².